The maximum absolute atomic E-state index is 13.3. The summed E-state index contributed by atoms with van der Waals surface area (Å²) in [7, 11) is 0. The van der Waals surface area contributed by atoms with Gasteiger partial charge < -0.3 is 4.74 Å². The van der Waals surface area contributed by atoms with Crippen molar-refractivity contribution in [1.82, 2.24) is 0 Å². The molecule has 0 N–H and O–H groups in total. The molecule has 0 aromatic heterocycles. The molecule has 0 saturated heterocycles. The van der Waals surface area contributed by atoms with Gasteiger partial charge in [0.1, 0.15) is 5.82 Å². The first-order valence-corrected chi connectivity index (χ1v) is 4.03. The van der Waals surface area contributed by atoms with Crippen molar-refractivity contribution in [2.45, 2.75) is 26.1 Å². The van der Waals surface area contributed by atoms with Gasteiger partial charge in [-0.3, -0.25) is 0 Å². The fraction of sp³-hybridized carbons (Fsp3) is 0.400. The van der Waals surface area contributed by atoms with E-state index in [9.17, 15) is 4.39 Å². The Morgan fingerprint density at radius 3 is 2.83 bits per heavy atom. The predicted octanol–water partition coefficient (Wildman–Crippen LogP) is 2.59. The molecule has 0 fully saturated rings. The van der Waals surface area contributed by atoms with Crippen LogP contribution in [0.25, 0.3) is 0 Å². The van der Waals surface area contributed by atoms with Crippen molar-refractivity contribution in [3.8, 4) is 0 Å². The Kier molecular flexibility index (Phi) is 1.48. The molecule has 1 aliphatic rings. The van der Waals surface area contributed by atoms with Gasteiger partial charge >= 0.3 is 0 Å². The fourth-order valence-corrected chi connectivity index (χ4v) is 1.69. The summed E-state index contributed by atoms with van der Waals surface area (Å²) < 4.78 is 18.8. The maximum Gasteiger partial charge on any atom is 0.129 e. The number of rotatable bonds is 0. The van der Waals surface area contributed by atoms with Crippen LogP contribution >= 0.6 is 0 Å². The molecule has 0 aliphatic carbocycles. The largest absolute Gasteiger partial charge is 0.366 e. The SMILES string of the molecule is CC1(C)OCc2cccc(F)c21. The second-order valence-corrected chi connectivity index (χ2v) is 3.57. The summed E-state index contributed by atoms with van der Waals surface area (Å²) in [6.07, 6.45) is 0. The molecule has 1 nitrogen and oxygen atoms in total. The fourth-order valence-electron chi connectivity index (χ4n) is 1.69. The first-order chi connectivity index (χ1) is 5.61. The van der Waals surface area contributed by atoms with Crippen molar-refractivity contribution < 1.29 is 9.13 Å². The van der Waals surface area contributed by atoms with Gasteiger partial charge in [-0.15, -0.1) is 0 Å². The molecule has 0 saturated carbocycles. The molecule has 0 unspecified atom stereocenters. The Balaban J connectivity index is 2.64. The van der Waals surface area contributed by atoms with Crippen LogP contribution in [0.5, 0.6) is 0 Å². The summed E-state index contributed by atoms with van der Waals surface area (Å²) >= 11 is 0. The molecule has 1 aromatic carbocycles. The van der Waals surface area contributed by atoms with Crippen LogP contribution in [0.15, 0.2) is 18.2 Å². The van der Waals surface area contributed by atoms with Gasteiger partial charge in [0.05, 0.1) is 12.2 Å². The lowest BCUT2D eigenvalue weighted by Crippen LogP contribution is -2.16. The third-order valence-electron chi connectivity index (χ3n) is 2.29. The number of benzene rings is 1. The zero-order valence-corrected chi connectivity index (χ0v) is 7.23. The van der Waals surface area contributed by atoms with Gasteiger partial charge in [-0.25, -0.2) is 4.39 Å². The lowest BCUT2D eigenvalue weighted by Gasteiger charge is -2.18. The summed E-state index contributed by atoms with van der Waals surface area (Å²) in [4.78, 5) is 0. The van der Waals surface area contributed by atoms with Crippen LogP contribution in [0.4, 0.5) is 4.39 Å². The lowest BCUT2D eigenvalue weighted by molar-refractivity contribution is -0.00957. The summed E-state index contributed by atoms with van der Waals surface area (Å²) in [6, 6.07) is 5.11. The van der Waals surface area contributed by atoms with Crippen LogP contribution < -0.4 is 0 Å². The van der Waals surface area contributed by atoms with Crippen LogP contribution in [0.1, 0.15) is 25.0 Å². The average Bonchev–Trinajstić information content (AvgIpc) is 2.29. The van der Waals surface area contributed by atoms with Crippen LogP contribution in [-0.4, -0.2) is 0 Å². The minimum Gasteiger partial charge on any atom is -0.366 e. The smallest absolute Gasteiger partial charge is 0.129 e. The standard InChI is InChI=1S/C10H11FO/c1-10(2)9-7(6-12-10)4-3-5-8(9)11/h3-5H,6H2,1-2H3. The van der Waals surface area contributed by atoms with Crippen molar-refractivity contribution in [2.75, 3.05) is 0 Å². The van der Waals surface area contributed by atoms with E-state index in [1.807, 2.05) is 19.9 Å². The third-order valence-corrected chi connectivity index (χ3v) is 2.29. The quantitative estimate of drug-likeness (QED) is 0.575. The van der Waals surface area contributed by atoms with Gasteiger partial charge in [0.25, 0.3) is 0 Å². The highest BCUT2D eigenvalue weighted by molar-refractivity contribution is 5.35. The van der Waals surface area contributed by atoms with Gasteiger partial charge in [0.15, 0.2) is 0 Å². The van der Waals surface area contributed by atoms with E-state index in [1.54, 1.807) is 6.07 Å². The van der Waals surface area contributed by atoms with E-state index >= 15 is 0 Å². The van der Waals surface area contributed by atoms with Crippen molar-refractivity contribution in [3.63, 3.8) is 0 Å². The molecule has 2 heteroatoms. The highest BCUT2D eigenvalue weighted by atomic mass is 19.1. The van der Waals surface area contributed by atoms with Gasteiger partial charge in [0.2, 0.25) is 0 Å². The Bertz CT molecular complexity index is 318. The number of hydrogen-bond donors (Lipinski definition) is 0. The first-order valence-electron chi connectivity index (χ1n) is 4.03. The first kappa shape index (κ1) is 7.74. The van der Waals surface area contributed by atoms with Crippen LogP contribution in [0.2, 0.25) is 0 Å². The highest BCUT2D eigenvalue weighted by Gasteiger charge is 2.33. The molecule has 0 spiro atoms. The van der Waals surface area contributed by atoms with E-state index in [0.717, 1.165) is 5.56 Å². The topological polar surface area (TPSA) is 9.23 Å². The van der Waals surface area contributed by atoms with Crippen molar-refractivity contribution in [1.29, 1.82) is 0 Å². The zero-order chi connectivity index (χ0) is 8.77. The Hall–Kier alpha value is -0.890. The van der Waals surface area contributed by atoms with Gasteiger partial charge in [-0.2, -0.15) is 0 Å². The van der Waals surface area contributed by atoms with E-state index in [1.165, 1.54) is 6.07 Å². The number of halogens is 1. The molecule has 1 heterocycles. The number of ether oxygens (including phenoxy) is 1. The van der Waals surface area contributed by atoms with Crippen LogP contribution in [-0.2, 0) is 16.9 Å². The van der Waals surface area contributed by atoms with E-state index in [4.69, 9.17) is 4.74 Å². The van der Waals surface area contributed by atoms with Crippen LogP contribution in [0, 0.1) is 5.82 Å². The Morgan fingerprint density at radius 2 is 2.17 bits per heavy atom. The van der Waals surface area contributed by atoms with Crippen molar-refractivity contribution in [3.05, 3.63) is 35.1 Å². The molecule has 64 valence electrons. The molecule has 2 rings (SSSR count). The molecular formula is C10H11FO. The summed E-state index contributed by atoms with van der Waals surface area (Å²) in [5.74, 6) is -0.157. The lowest BCUT2D eigenvalue weighted by atomic mass is 9.96. The highest BCUT2D eigenvalue weighted by Crippen LogP contribution is 2.37. The van der Waals surface area contributed by atoms with E-state index < -0.39 is 5.60 Å². The molecule has 1 aromatic rings. The molecule has 0 amide bonds. The molecule has 0 atom stereocenters. The molecule has 12 heavy (non-hydrogen) atoms. The summed E-state index contributed by atoms with van der Waals surface area (Å²) in [6.45, 7) is 4.31. The number of fused-ring (bicyclic) bond motifs is 1. The minimum absolute atomic E-state index is 0.157. The zero-order valence-electron chi connectivity index (χ0n) is 7.23. The Labute approximate surface area is 71.2 Å². The number of hydrogen-bond acceptors (Lipinski definition) is 1. The van der Waals surface area contributed by atoms with E-state index in [2.05, 4.69) is 0 Å². The van der Waals surface area contributed by atoms with Crippen molar-refractivity contribution >= 4 is 0 Å². The normalized spacial score (nSPS) is 19.2. The van der Waals surface area contributed by atoms with Crippen molar-refractivity contribution in [2.24, 2.45) is 0 Å². The minimum atomic E-state index is -0.458. The molecule has 0 bridgehead atoms. The van der Waals surface area contributed by atoms with Gasteiger partial charge in [-0.05, 0) is 25.5 Å². The average molecular weight is 166 g/mol. The van der Waals surface area contributed by atoms with Gasteiger partial charge in [-0.1, -0.05) is 12.1 Å². The summed E-state index contributed by atoms with van der Waals surface area (Å²) in [5.41, 5.74) is 1.23. The molecule has 1 aliphatic heterocycles. The van der Waals surface area contributed by atoms with E-state index in [0.29, 0.717) is 12.2 Å². The Morgan fingerprint density at radius 1 is 1.42 bits per heavy atom. The van der Waals surface area contributed by atoms with Crippen LogP contribution in [0.3, 0.4) is 0 Å². The van der Waals surface area contributed by atoms with Gasteiger partial charge in [0, 0.05) is 5.56 Å². The maximum atomic E-state index is 13.3. The monoisotopic (exact) mass is 166 g/mol. The molecular weight excluding hydrogens is 155 g/mol. The second-order valence-electron chi connectivity index (χ2n) is 3.57. The summed E-state index contributed by atoms with van der Waals surface area (Å²) in [5, 5.41) is 0. The molecule has 0 radical (unpaired) electrons. The van der Waals surface area contributed by atoms with E-state index in [-0.39, 0.29) is 5.82 Å². The second kappa shape index (κ2) is 2.30. The predicted molar refractivity (Wildman–Crippen MR) is 44.2 cm³/mol. The third kappa shape index (κ3) is 0.950.